The SMILES string of the molecule is Cc1snnc1C(=O)N1CCOCC1c1nccc(N2CCCCC2)n1. The quantitative estimate of drug-likeness (QED) is 0.810. The van der Waals surface area contributed by atoms with Crippen LogP contribution in [0.15, 0.2) is 12.3 Å². The fourth-order valence-electron chi connectivity index (χ4n) is 3.45. The average molecular weight is 374 g/mol. The van der Waals surface area contributed by atoms with E-state index in [0.717, 1.165) is 23.8 Å². The van der Waals surface area contributed by atoms with Gasteiger partial charge in [0.2, 0.25) is 0 Å². The largest absolute Gasteiger partial charge is 0.377 e. The minimum absolute atomic E-state index is 0.128. The fourth-order valence-corrected chi connectivity index (χ4v) is 3.91. The lowest BCUT2D eigenvalue weighted by atomic mass is 10.1. The smallest absolute Gasteiger partial charge is 0.276 e. The van der Waals surface area contributed by atoms with Gasteiger partial charge in [0.05, 0.1) is 18.1 Å². The van der Waals surface area contributed by atoms with Crippen molar-refractivity contribution in [3.8, 4) is 0 Å². The Hall–Kier alpha value is -2.13. The normalized spacial score (nSPS) is 21.0. The van der Waals surface area contributed by atoms with Gasteiger partial charge in [0, 0.05) is 25.8 Å². The van der Waals surface area contributed by atoms with Crippen LogP contribution in [0, 0.1) is 6.92 Å². The molecule has 26 heavy (non-hydrogen) atoms. The maximum absolute atomic E-state index is 13.0. The second-order valence-corrected chi connectivity index (χ2v) is 7.55. The van der Waals surface area contributed by atoms with E-state index in [-0.39, 0.29) is 11.9 Å². The van der Waals surface area contributed by atoms with E-state index in [1.165, 1.54) is 30.8 Å². The Kier molecular flexibility index (Phi) is 5.07. The van der Waals surface area contributed by atoms with E-state index in [2.05, 4.69) is 19.5 Å². The predicted molar refractivity (Wildman–Crippen MR) is 97.3 cm³/mol. The highest BCUT2D eigenvalue weighted by atomic mass is 32.1. The number of piperidine rings is 1. The summed E-state index contributed by atoms with van der Waals surface area (Å²) in [6, 6.07) is 1.64. The Labute approximate surface area is 156 Å². The molecule has 2 fully saturated rings. The maximum Gasteiger partial charge on any atom is 0.276 e. The van der Waals surface area contributed by atoms with Crippen molar-refractivity contribution in [2.24, 2.45) is 0 Å². The number of anilines is 1. The van der Waals surface area contributed by atoms with Gasteiger partial charge in [-0.1, -0.05) is 4.49 Å². The number of aromatic nitrogens is 4. The molecule has 0 radical (unpaired) electrons. The van der Waals surface area contributed by atoms with Crippen molar-refractivity contribution in [3.05, 3.63) is 28.7 Å². The number of amides is 1. The number of hydrogen-bond acceptors (Lipinski definition) is 8. The third kappa shape index (κ3) is 3.41. The Morgan fingerprint density at radius 1 is 1.27 bits per heavy atom. The zero-order valence-corrected chi connectivity index (χ0v) is 15.6. The van der Waals surface area contributed by atoms with Crippen molar-refractivity contribution in [1.29, 1.82) is 0 Å². The molecule has 0 aromatic carbocycles. The minimum atomic E-state index is -0.304. The summed E-state index contributed by atoms with van der Waals surface area (Å²) in [7, 11) is 0. The van der Waals surface area contributed by atoms with Crippen LogP contribution in [0.2, 0.25) is 0 Å². The molecule has 1 amide bonds. The van der Waals surface area contributed by atoms with Gasteiger partial charge in [0.15, 0.2) is 11.5 Å². The van der Waals surface area contributed by atoms with Gasteiger partial charge >= 0.3 is 0 Å². The van der Waals surface area contributed by atoms with Crippen LogP contribution in [0.4, 0.5) is 5.82 Å². The minimum Gasteiger partial charge on any atom is -0.377 e. The predicted octanol–water partition coefficient (Wildman–Crippen LogP) is 1.84. The molecule has 4 rings (SSSR count). The number of nitrogens with zero attached hydrogens (tertiary/aromatic N) is 6. The first kappa shape index (κ1) is 17.3. The monoisotopic (exact) mass is 374 g/mol. The summed E-state index contributed by atoms with van der Waals surface area (Å²) in [6.07, 6.45) is 5.42. The molecule has 4 heterocycles. The Morgan fingerprint density at radius 2 is 2.12 bits per heavy atom. The van der Waals surface area contributed by atoms with E-state index in [9.17, 15) is 4.79 Å². The molecular formula is C17H22N6O2S. The third-order valence-electron chi connectivity index (χ3n) is 4.88. The number of carbonyl (C=O) groups is 1. The molecule has 0 bridgehead atoms. The highest BCUT2D eigenvalue weighted by Gasteiger charge is 2.33. The highest BCUT2D eigenvalue weighted by molar-refractivity contribution is 7.05. The molecule has 0 saturated carbocycles. The standard InChI is InChI=1S/C17H22N6O2S/c1-12-15(20-21-26-12)17(24)23-9-10-25-11-13(23)16-18-6-5-14(19-16)22-7-3-2-4-8-22/h5-6,13H,2-4,7-11H2,1H3. The van der Waals surface area contributed by atoms with Gasteiger partial charge in [-0.3, -0.25) is 4.79 Å². The highest BCUT2D eigenvalue weighted by Crippen LogP contribution is 2.26. The van der Waals surface area contributed by atoms with Crippen LogP contribution in [-0.2, 0) is 4.74 Å². The molecule has 1 atom stereocenters. The van der Waals surface area contributed by atoms with Gasteiger partial charge in [-0.15, -0.1) is 5.10 Å². The van der Waals surface area contributed by atoms with Crippen LogP contribution in [0.5, 0.6) is 0 Å². The summed E-state index contributed by atoms with van der Waals surface area (Å²) in [5.74, 6) is 1.43. The lowest BCUT2D eigenvalue weighted by molar-refractivity contribution is -0.00554. The van der Waals surface area contributed by atoms with Crippen molar-refractivity contribution in [1.82, 2.24) is 24.5 Å². The molecule has 2 saturated heterocycles. The Balaban J connectivity index is 1.60. The Bertz CT molecular complexity index is 776. The number of rotatable bonds is 3. The molecule has 8 nitrogen and oxygen atoms in total. The van der Waals surface area contributed by atoms with E-state index in [1.54, 1.807) is 11.1 Å². The molecule has 2 aromatic heterocycles. The zero-order chi connectivity index (χ0) is 17.9. The van der Waals surface area contributed by atoms with Gasteiger partial charge < -0.3 is 14.5 Å². The second-order valence-electron chi connectivity index (χ2n) is 6.59. The van der Waals surface area contributed by atoms with Crippen LogP contribution in [0.3, 0.4) is 0 Å². The maximum atomic E-state index is 13.0. The lowest BCUT2D eigenvalue weighted by Gasteiger charge is -2.35. The van der Waals surface area contributed by atoms with E-state index in [0.29, 0.717) is 31.3 Å². The van der Waals surface area contributed by atoms with E-state index in [1.807, 2.05) is 13.0 Å². The summed E-state index contributed by atoms with van der Waals surface area (Å²) in [6.45, 7) is 5.29. The number of morpholine rings is 1. The molecule has 0 aliphatic carbocycles. The van der Waals surface area contributed by atoms with Crippen LogP contribution >= 0.6 is 11.5 Å². The van der Waals surface area contributed by atoms with Gasteiger partial charge in [0.1, 0.15) is 11.9 Å². The van der Waals surface area contributed by atoms with Crippen molar-refractivity contribution in [2.75, 3.05) is 37.7 Å². The topological polar surface area (TPSA) is 84.3 Å². The molecular weight excluding hydrogens is 352 g/mol. The summed E-state index contributed by atoms with van der Waals surface area (Å²) in [5, 5.41) is 4.00. The van der Waals surface area contributed by atoms with E-state index < -0.39 is 0 Å². The first-order valence-electron chi connectivity index (χ1n) is 8.99. The Morgan fingerprint density at radius 3 is 2.88 bits per heavy atom. The second kappa shape index (κ2) is 7.63. The number of ether oxygens (including phenoxy) is 1. The van der Waals surface area contributed by atoms with Gasteiger partial charge in [-0.05, 0) is 43.8 Å². The van der Waals surface area contributed by atoms with Gasteiger partial charge in [-0.2, -0.15) is 0 Å². The molecule has 9 heteroatoms. The number of aryl methyl sites for hydroxylation is 1. The third-order valence-corrected chi connectivity index (χ3v) is 5.51. The van der Waals surface area contributed by atoms with Gasteiger partial charge in [-0.25, -0.2) is 9.97 Å². The molecule has 2 aromatic rings. The molecule has 138 valence electrons. The summed E-state index contributed by atoms with van der Waals surface area (Å²) < 4.78 is 9.51. The van der Waals surface area contributed by atoms with Crippen LogP contribution in [-0.4, -0.2) is 63.2 Å². The van der Waals surface area contributed by atoms with E-state index >= 15 is 0 Å². The molecule has 2 aliphatic rings. The van der Waals surface area contributed by atoms with Crippen molar-refractivity contribution >= 4 is 23.3 Å². The average Bonchev–Trinajstić information content (AvgIpc) is 3.14. The molecule has 2 aliphatic heterocycles. The van der Waals surface area contributed by atoms with Crippen molar-refractivity contribution < 1.29 is 9.53 Å². The summed E-state index contributed by atoms with van der Waals surface area (Å²) in [4.78, 5) is 27.1. The molecule has 0 spiro atoms. The number of carbonyl (C=O) groups excluding carboxylic acids is 1. The van der Waals surface area contributed by atoms with Crippen LogP contribution < -0.4 is 4.90 Å². The zero-order valence-electron chi connectivity index (χ0n) is 14.8. The fraction of sp³-hybridized carbons (Fsp3) is 0.588. The van der Waals surface area contributed by atoms with Crippen molar-refractivity contribution in [3.63, 3.8) is 0 Å². The number of hydrogen-bond donors (Lipinski definition) is 0. The first-order valence-corrected chi connectivity index (χ1v) is 9.77. The lowest BCUT2D eigenvalue weighted by Crippen LogP contribution is -2.44. The van der Waals surface area contributed by atoms with Gasteiger partial charge in [0.25, 0.3) is 5.91 Å². The molecule has 1 unspecified atom stereocenters. The van der Waals surface area contributed by atoms with E-state index in [4.69, 9.17) is 9.72 Å². The van der Waals surface area contributed by atoms with Crippen LogP contribution in [0.1, 0.15) is 46.5 Å². The van der Waals surface area contributed by atoms with Crippen molar-refractivity contribution in [2.45, 2.75) is 32.2 Å². The summed E-state index contributed by atoms with van der Waals surface area (Å²) >= 11 is 1.24. The van der Waals surface area contributed by atoms with Crippen LogP contribution in [0.25, 0.3) is 0 Å². The first-order chi connectivity index (χ1) is 12.7. The summed E-state index contributed by atoms with van der Waals surface area (Å²) in [5.41, 5.74) is 0.411. The molecule has 0 N–H and O–H groups in total.